The third-order valence-electron chi connectivity index (χ3n) is 3.56. The topological polar surface area (TPSA) is 32.3 Å². The molecule has 0 aromatic rings. The second kappa shape index (κ2) is 4.20. The summed E-state index contributed by atoms with van der Waals surface area (Å²) in [5.41, 5.74) is 0.0982. The summed E-state index contributed by atoms with van der Waals surface area (Å²) in [7, 11) is 0. The Balaban J connectivity index is 2.01. The predicted octanol–water partition coefficient (Wildman–Crippen LogP) is 1.24. The number of rotatable bonds is 2. The minimum atomic E-state index is 0.0982. The highest BCUT2D eigenvalue weighted by molar-refractivity contribution is 7.99. The number of nitrogens with one attached hydrogen (secondary N) is 1. The van der Waals surface area contributed by atoms with Gasteiger partial charge in [-0.15, -0.1) is 0 Å². The van der Waals surface area contributed by atoms with Crippen molar-refractivity contribution in [2.45, 2.75) is 31.2 Å². The van der Waals surface area contributed by atoms with Crippen LogP contribution in [0.1, 0.15) is 25.7 Å². The van der Waals surface area contributed by atoms with E-state index in [1.165, 1.54) is 37.2 Å². The first kappa shape index (κ1) is 9.81. The zero-order valence-electron chi connectivity index (χ0n) is 8.09. The van der Waals surface area contributed by atoms with Crippen molar-refractivity contribution in [3.05, 3.63) is 0 Å². The Morgan fingerprint density at radius 1 is 1.38 bits per heavy atom. The van der Waals surface area contributed by atoms with E-state index >= 15 is 0 Å². The van der Waals surface area contributed by atoms with E-state index < -0.39 is 0 Å². The van der Waals surface area contributed by atoms with Gasteiger partial charge in [0.05, 0.1) is 6.61 Å². The summed E-state index contributed by atoms with van der Waals surface area (Å²) in [5.74, 6) is 3.30. The lowest BCUT2D eigenvalue weighted by molar-refractivity contribution is 0.114. The molecular weight excluding hydrogens is 182 g/mol. The average Bonchev–Trinajstić information content (AvgIpc) is 2.69. The molecule has 0 aromatic heterocycles. The second-order valence-corrected chi connectivity index (χ2v) is 5.46. The molecule has 0 aliphatic carbocycles. The fourth-order valence-corrected chi connectivity index (χ4v) is 3.80. The van der Waals surface area contributed by atoms with E-state index in [4.69, 9.17) is 0 Å². The zero-order valence-corrected chi connectivity index (χ0v) is 8.91. The number of hydrogen-bond acceptors (Lipinski definition) is 3. The van der Waals surface area contributed by atoms with Crippen molar-refractivity contribution in [1.82, 2.24) is 5.32 Å². The van der Waals surface area contributed by atoms with Crippen LogP contribution in [-0.4, -0.2) is 35.3 Å². The van der Waals surface area contributed by atoms with Gasteiger partial charge in [-0.1, -0.05) is 0 Å². The monoisotopic (exact) mass is 201 g/mol. The molecule has 0 saturated carbocycles. The third-order valence-corrected chi connectivity index (χ3v) is 4.61. The van der Waals surface area contributed by atoms with Gasteiger partial charge in [-0.25, -0.2) is 0 Å². The molecule has 2 N–H and O–H groups in total. The highest BCUT2D eigenvalue weighted by Crippen LogP contribution is 2.36. The first-order valence-corrected chi connectivity index (χ1v) is 6.46. The molecule has 13 heavy (non-hydrogen) atoms. The summed E-state index contributed by atoms with van der Waals surface area (Å²) >= 11 is 2.06. The Morgan fingerprint density at radius 3 is 2.69 bits per heavy atom. The van der Waals surface area contributed by atoms with Gasteiger partial charge in [-0.05, 0) is 49.7 Å². The molecule has 2 fully saturated rings. The van der Waals surface area contributed by atoms with Gasteiger partial charge in [-0.3, -0.25) is 0 Å². The molecule has 2 aliphatic heterocycles. The molecule has 2 heterocycles. The lowest BCUT2D eigenvalue weighted by atomic mass is 9.79. The molecule has 0 amide bonds. The van der Waals surface area contributed by atoms with Crippen LogP contribution in [0.25, 0.3) is 0 Å². The van der Waals surface area contributed by atoms with Crippen LogP contribution in [-0.2, 0) is 0 Å². The third kappa shape index (κ3) is 1.88. The number of aliphatic hydroxyl groups is 1. The normalized spacial score (nSPS) is 36.7. The minimum Gasteiger partial charge on any atom is -0.394 e. The predicted molar refractivity (Wildman–Crippen MR) is 57.1 cm³/mol. The lowest BCUT2D eigenvalue weighted by Gasteiger charge is -2.38. The van der Waals surface area contributed by atoms with E-state index in [0.29, 0.717) is 6.61 Å². The van der Waals surface area contributed by atoms with Crippen molar-refractivity contribution in [2.75, 3.05) is 24.7 Å². The smallest absolute Gasteiger partial charge is 0.0616 e. The van der Waals surface area contributed by atoms with Crippen LogP contribution < -0.4 is 5.32 Å². The Morgan fingerprint density at radius 2 is 2.15 bits per heavy atom. The van der Waals surface area contributed by atoms with Crippen LogP contribution in [0.3, 0.4) is 0 Å². The molecule has 0 aromatic carbocycles. The molecule has 2 rings (SSSR count). The Bertz CT molecular complexity index is 162. The van der Waals surface area contributed by atoms with Gasteiger partial charge in [0.25, 0.3) is 0 Å². The van der Waals surface area contributed by atoms with Gasteiger partial charge >= 0.3 is 0 Å². The van der Waals surface area contributed by atoms with Crippen molar-refractivity contribution >= 4 is 11.8 Å². The molecule has 2 nitrogen and oxygen atoms in total. The summed E-state index contributed by atoms with van der Waals surface area (Å²) in [6.07, 6.45) is 5.00. The van der Waals surface area contributed by atoms with E-state index in [0.717, 1.165) is 12.5 Å². The lowest BCUT2D eigenvalue weighted by Crippen LogP contribution is -2.51. The largest absolute Gasteiger partial charge is 0.394 e. The van der Waals surface area contributed by atoms with E-state index in [2.05, 4.69) is 17.1 Å². The zero-order chi connectivity index (χ0) is 9.15. The maximum atomic E-state index is 9.50. The fourth-order valence-electron chi connectivity index (χ4n) is 2.69. The summed E-state index contributed by atoms with van der Waals surface area (Å²) < 4.78 is 0. The van der Waals surface area contributed by atoms with E-state index in [1.807, 2.05) is 0 Å². The average molecular weight is 201 g/mol. The van der Waals surface area contributed by atoms with Gasteiger partial charge < -0.3 is 10.4 Å². The van der Waals surface area contributed by atoms with Crippen LogP contribution in [0.4, 0.5) is 0 Å². The van der Waals surface area contributed by atoms with Crippen molar-refractivity contribution in [1.29, 1.82) is 0 Å². The molecule has 3 heteroatoms. The summed E-state index contributed by atoms with van der Waals surface area (Å²) in [4.78, 5) is 0. The summed E-state index contributed by atoms with van der Waals surface area (Å²) in [6, 6.07) is 0. The highest BCUT2D eigenvalue weighted by atomic mass is 32.2. The highest BCUT2D eigenvalue weighted by Gasteiger charge is 2.40. The van der Waals surface area contributed by atoms with Gasteiger partial charge in [0, 0.05) is 5.54 Å². The quantitative estimate of drug-likeness (QED) is 0.705. The van der Waals surface area contributed by atoms with Gasteiger partial charge in [0.15, 0.2) is 0 Å². The molecule has 76 valence electrons. The molecule has 0 bridgehead atoms. The van der Waals surface area contributed by atoms with Crippen LogP contribution in [0.15, 0.2) is 0 Å². The van der Waals surface area contributed by atoms with Crippen LogP contribution >= 0.6 is 11.8 Å². The van der Waals surface area contributed by atoms with Crippen LogP contribution in [0.5, 0.6) is 0 Å². The maximum Gasteiger partial charge on any atom is 0.0616 e. The number of hydrogen-bond donors (Lipinski definition) is 2. The first-order valence-electron chi connectivity index (χ1n) is 5.31. The number of thioether (sulfide) groups is 1. The Labute approximate surface area is 84.5 Å². The van der Waals surface area contributed by atoms with Crippen LogP contribution in [0, 0.1) is 5.92 Å². The van der Waals surface area contributed by atoms with Gasteiger partial charge in [0.2, 0.25) is 0 Å². The summed E-state index contributed by atoms with van der Waals surface area (Å²) in [5, 5.41) is 13.0. The molecular formula is C10H19NOS. The minimum absolute atomic E-state index is 0.0982. The SMILES string of the molecule is OCC1(C2CCSCC2)CCCN1. The second-order valence-electron chi connectivity index (χ2n) is 4.23. The summed E-state index contributed by atoms with van der Waals surface area (Å²) in [6.45, 7) is 1.44. The molecule has 1 unspecified atom stereocenters. The van der Waals surface area contributed by atoms with E-state index in [-0.39, 0.29) is 5.54 Å². The van der Waals surface area contributed by atoms with Gasteiger partial charge in [0.1, 0.15) is 0 Å². The standard InChI is InChI=1S/C10H19NOS/c12-8-10(4-1-5-11-10)9-2-6-13-7-3-9/h9,11-12H,1-8H2. The van der Waals surface area contributed by atoms with Crippen molar-refractivity contribution in [3.8, 4) is 0 Å². The van der Waals surface area contributed by atoms with Gasteiger partial charge in [-0.2, -0.15) is 11.8 Å². The molecule has 2 saturated heterocycles. The number of aliphatic hydroxyl groups excluding tert-OH is 1. The maximum absolute atomic E-state index is 9.50. The first-order chi connectivity index (χ1) is 6.37. The Kier molecular flexibility index (Phi) is 3.17. The molecule has 1 atom stereocenters. The molecule has 2 aliphatic rings. The van der Waals surface area contributed by atoms with E-state index in [9.17, 15) is 5.11 Å². The van der Waals surface area contributed by atoms with E-state index in [1.54, 1.807) is 0 Å². The van der Waals surface area contributed by atoms with Crippen molar-refractivity contribution in [2.24, 2.45) is 5.92 Å². The molecule has 0 spiro atoms. The fraction of sp³-hybridized carbons (Fsp3) is 1.00. The van der Waals surface area contributed by atoms with Crippen molar-refractivity contribution < 1.29 is 5.11 Å². The van der Waals surface area contributed by atoms with Crippen LogP contribution in [0.2, 0.25) is 0 Å². The Hall–Kier alpha value is 0.270. The van der Waals surface area contributed by atoms with Crippen molar-refractivity contribution in [3.63, 3.8) is 0 Å². The molecule has 0 radical (unpaired) electrons.